The summed E-state index contributed by atoms with van der Waals surface area (Å²) in [7, 11) is 1.58. The van der Waals surface area contributed by atoms with Crippen LogP contribution in [0, 0.1) is 11.2 Å². The Kier molecular flexibility index (Phi) is 3.83. The Morgan fingerprint density at radius 2 is 2.16 bits per heavy atom. The Balaban J connectivity index is 2.12. The van der Waals surface area contributed by atoms with Crippen molar-refractivity contribution >= 4 is 0 Å². The topological polar surface area (TPSA) is 41.5 Å². The minimum atomic E-state index is -0.272. The molecule has 0 spiro atoms. The summed E-state index contributed by atoms with van der Waals surface area (Å²) in [4.78, 5) is 0. The summed E-state index contributed by atoms with van der Waals surface area (Å²) < 4.78 is 18.6. The summed E-state index contributed by atoms with van der Waals surface area (Å²) >= 11 is 0. The lowest BCUT2D eigenvalue weighted by Gasteiger charge is -2.50. The first-order valence-corrected chi connectivity index (χ1v) is 6.63. The molecule has 3 nitrogen and oxygen atoms in total. The Morgan fingerprint density at radius 1 is 1.47 bits per heavy atom. The Morgan fingerprint density at radius 3 is 2.68 bits per heavy atom. The molecule has 1 saturated carbocycles. The third-order valence-corrected chi connectivity index (χ3v) is 4.33. The number of aliphatic hydroxyl groups is 1. The lowest BCUT2D eigenvalue weighted by molar-refractivity contribution is -0.0755. The van der Waals surface area contributed by atoms with E-state index in [1.54, 1.807) is 13.2 Å². The molecule has 1 aromatic rings. The zero-order chi connectivity index (χ0) is 14.2. The Labute approximate surface area is 113 Å². The van der Waals surface area contributed by atoms with Crippen molar-refractivity contribution in [2.45, 2.75) is 45.4 Å². The van der Waals surface area contributed by atoms with Crippen molar-refractivity contribution < 1.29 is 14.2 Å². The van der Waals surface area contributed by atoms with Crippen molar-refractivity contribution in [3.05, 3.63) is 29.6 Å². The van der Waals surface area contributed by atoms with Crippen LogP contribution < -0.4 is 10.1 Å². The number of hydrogen-bond donors (Lipinski definition) is 2. The van der Waals surface area contributed by atoms with Crippen molar-refractivity contribution in [1.29, 1.82) is 0 Å². The normalized spacial score (nSPS) is 26.6. The van der Waals surface area contributed by atoms with E-state index in [4.69, 9.17) is 4.74 Å². The van der Waals surface area contributed by atoms with Gasteiger partial charge in [0.2, 0.25) is 0 Å². The predicted molar refractivity (Wildman–Crippen MR) is 72.7 cm³/mol. The van der Waals surface area contributed by atoms with E-state index in [1.807, 2.05) is 20.8 Å². The van der Waals surface area contributed by atoms with Gasteiger partial charge in [0.25, 0.3) is 0 Å². The van der Waals surface area contributed by atoms with Crippen molar-refractivity contribution in [1.82, 2.24) is 5.32 Å². The third-order valence-electron chi connectivity index (χ3n) is 4.33. The van der Waals surface area contributed by atoms with Gasteiger partial charge in [0.1, 0.15) is 11.6 Å². The minimum absolute atomic E-state index is 0.0255. The van der Waals surface area contributed by atoms with Crippen molar-refractivity contribution in [2.75, 3.05) is 7.11 Å². The van der Waals surface area contributed by atoms with E-state index in [9.17, 15) is 9.50 Å². The van der Waals surface area contributed by atoms with Gasteiger partial charge in [0.15, 0.2) is 0 Å². The van der Waals surface area contributed by atoms with Gasteiger partial charge in [0, 0.05) is 23.1 Å². The molecule has 3 unspecified atom stereocenters. The molecule has 0 radical (unpaired) electrons. The number of hydrogen-bond acceptors (Lipinski definition) is 3. The van der Waals surface area contributed by atoms with Crippen LogP contribution in [0.1, 0.15) is 38.8 Å². The predicted octanol–water partition coefficient (Wildman–Crippen LogP) is 2.64. The van der Waals surface area contributed by atoms with Crippen molar-refractivity contribution in [3.8, 4) is 5.75 Å². The number of aliphatic hydroxyl groups excluding tert-OH is 1. The molecule has 1 fully saturated rings. The fraction of sp³-hybridized carbons (Fsp3) is 0.600. The van der Waals surface area contributed by atoms with E-state index in [2.05, 4.69) is 5.32 Å². The van der Waals surface area contributed by atoms with Crippen LogP contribution in [0.15, 0.2) is 18.2 Å². The second-order valence-electron chi connectivity index (χ2n) is 5.90. The molecule has 0 bridgehead atoms. The van der Waals surface area contributed by atoms with Crippen LogP contribution >= 0.6 is 0 Å². The fourth-order valence-corrected chi connectivity index (χ4v) is 2.62. The van der Waals surface area contributed by atoms with Gasteiger partial charge in [-0.05, 0) is 31.5 Å². The summed E-state index contributed by atoms with van der Waals surface area (Å²) in [5, 5.41) is 13.2. The quantitative estimate of drug-likeness (QED) is 0.881. The highest BCUT2D eigenvalue weighted by Gasteiger charge is 2.47. The smallest absolute Gasteiger partial charge is 0.123 e. The van der Waals surface area contributed by atoms with Gasteiger partial charge in [-0.1, -0.05) is 13.8 Å². The molecule has 1 aliphatic carbocycles. The fourth-order valence-electron chi connectivity index (χ4n) is 2.62. The van der Waals surface area contributed by atoms with Gasteiger partial charge in [-0.15, -0.1) is 0 Å². The third kappa shape index (κ3) is 2.60. The molecule has 0 heterocycles. The van der Waals surface area contributed by atoms with Gasteiger partial charge in [-0.2, -0.15) is 0 Å². The maximum absolute atomic E-state index is 13.4. The number of rotatable bonds is 4. The molecule has 2 N–H and O–H groups in total. The van der Waals surface area contributed by atoms with Crippen LogP contribution in [0.25, 0.3) is 0 Å². The average molecular weight is 267 g/mol. The van der Waals surface area contributed by atoms with E-state index in [1.165, 1.54) is 12.1 Å². The molecule has 1 aliphatic rings. The summed E-state index contributed by atoms with van der Waals surface area (Å²) in [5.41, 5.74) is 0.661. The largest absolute Gasteiger partial charge is 0.496 e. The monoisotopic (exact) mass is 267 g/mol. The molecular weight excluding hydrogens is 245 g/mol. The number of nitrogens with one attached hydrogen (secondary N) is 1. The molecule has 3 atom stereocenters. The number of methoxy groups -OCH3 is 1. The summed E-state index contributed by atoms with van der Waals surface area (Å²) in [6.07, 6.45) is 0.459. The first kappa shape index (κ1) is 14.3. The molecule has 0 aliphatic heterocycles. The molecule has 1 aromatic carbocycles. The standard InChI is InChI=1S/C15H22FNO2/c1-9(17-13-8-14(18)15(13,2)3)11-7-10(16)5-6-12(11)19-4/h5-7,9,13-14,17-18H,8H2,1-4H3. The van der Waals surface area contributed by atoms with Crippen LogP contribution in [-0.4, -0.2) is 24.4 Å². The van der Waals surface area contributed by atoms with Gasteiger partial charge < -0.3 is 15.2 Å². The highest BCUT2D eigenvalue weighted by molar-refractivity contribution is 5.36. The Hall–Kier alpha value is -1.13. The first-order chi connectivity index (χ1) is 8.86. The molecule has 19 heavy (non-hydrogen) atoms. The molecule has 0 amide bonds. The first-order valence-electron chi connectivity index (χ1n) is 6.63. The highest BCUT2D eigenvalue weighted by atomic mass is 19.1. The van der Waals surface area contributed by atoms with E-state index < -0.39 is 0 Å². The van der Waals surface area contributed by atoms with E-state index >= 15 is 0 Å². The number of ether oxygens (including phenoxy) is 1. The second-order valence-corrected chi connectivity index (χ2v) is 5.90. The maximum atomic E-state index is 13.4. The molecule has 2 rings (SSSR count). The zero-order valence-electron chi connectivity index (χ0n) is 11.9. The zero-order valence-corrected chi connectivity index (χ0v) is 11.9. The SMILES string of the molecule is COc1ccc(F)cc1C(C)NC1CC(O)C1(C)C. The molecule has 106 valence electrons. The van der Waals surface area contributed by atoms with E-state index in [0.717, 1.165) is 12.0 Å². The number of halogens is 1. The van der Waals surface area contributed by atoms with Crippen molar-refractivity contribution in [2.24, 2.45) is 5.41 Å². The summed E-state index contributed by atoms with van der Waals surface area (Å²) in [5.74, 6) is 0.413. The van der Waals surface area contributed by atoms with E-state index in [0.29, 0.717) is 5.75 Å². The van der Waals surface area contributed by atoms with Gasteiger partial charge in [-0.3, -0.25) is 0 Å². The minimum Gasteiger partial charge on any atom is -0.496 e. The lowest BCUT2D eigenvalue weighted by atomic mass is 9.64. The van der Waals surface area contributed by atoms with Crippen LogP contribution in [0.2, 0.25) is 0 Å². The maximum Gasteiger partial charge on any atom is 0.123 e. The van der Waals surface area contributed by atoms with Crippen LogP contribution in [0.4, 0.5) is 4.39 Å². The molecule has 4 heteroatoms. The lowest BCUT2D eigenvalue weighted by Crippen LogP contribution is -2.60. The molecular formula is C15H22FNO2. The van der Waals surface area contributed by atoms with Gasteiger partial charge in [0.05, 0.1) is 13.2 Å². The average Bonchev–Trinajstić information content (AvgIpc) is 2.38. The summed E-state index contributed by atoms with van der Waals surface area (Å²) in [6.45, 7) is 6.06. The van der Waals surface area contributed by atoms with Crippen LogP contribution in [0.3, 0.4) is 0 Å². The molecule has 0 saturated heterocycles. The second kappa shape index (κ2) is 5.10. The summed E-state index contributed by atoms with van der Waals surface area (Å²) in [6, 6.07) is 4.74. The van der Waals surface area contributed by atoms with Crippen LogP contribution in [-0.2, 0) is 0 Å². The van der Waals surface area contributed by atoms with Gasteiger partial charge >= 0.3 is 0 Å². The van der Waals surface area contributed by atoms with E-state index in [-0.39, 0.29) is 29.4 Å². The van der Waals surface area contributed by atoms with Crippen LogP contribution in [0.5, 0.6) is 5.75 Å². The number of benzene rings is 1. The Bertz CT molecular complexity index is 461. The highest BCUT2D eigenvalue weighted by Crippen LogP contribution is 2.42. The van der Waals surface area contributed by atoms with Gasteiger partial charge in [-0.25, -0.2) is 4.39 Å². The van der Waals surface area contributed by atoms with Crippen molar-refractivity contribution in [3.63, 3.8) is 0 Å². The molecule has 0 aromatic heterocycles.